The van der Waals surface area contributed by atoms with Gasteiger partial charge in [0.2, 0.25) is 5.91 Å². The molecule has 2 aromatic carbocycles. The average molecular weight is 287 g/mol. The number of pyridine rings is 1. The normalized spacial score (nSPS) is 11.1. The second kappa shape index (κ2) is 4.77. The van der Waals surface area contributed by atoms with Crippen molar-refractivity contribution in [2.75, 3.05) is 0 Å². The number of carbonyl (C=O) groups excluding carboxylic acids is 1. The zero-order chi connectivity index (χ0) is 15.1. The van der Waals surface area contributed by atoms with Crippen molar-refractivity contribution in [1.29, 1.82) is 0 Å². The van der Waals surface area contributed by atoms with Gasteiger partial charge in [-0.1, -0.05) is 36.4 Å². The summed E-state index contributed by atoms with van der Waals surface area (Å²) in [5, 5.41) is 2.02. The number of carbonyl (C=O) groups is 1. The van der Waals surface area contributed by atoms with Crippen LogP contribution in [0.5, 0.6) is 0 Å². The standard InChI is InChI=1S/C18H13N3O/c1-12(22)21-16-8-7-13-9-10-19-11-15(13)17(16)20-18(21)14-5-3-2-4-6-14/h2-11H,1H3. The van der Waals surface area contributed by atoms with E-state index in [1.807, 2.05) is 48.5 Å². The van der Waals surface area contributed by atoms with Gasteiger partial charge in [-0.25, -0.2) is 4.98 Å². The quantitative estimate of drug-likeness (QED) is 0.533. The van der Waals surface area contributed by atoms with Crippen LogP contribution in [-0.2, 0) is 0 Å². The van der Waals surface area contributed by atoms with Crippen molar-refractivity contribution in [3.8, 4) is 11.4 Å². The Labute approximate surface area is 127 Å². The maximum absolute atomic E-state index is 12.2. The summed E-state index contributed by atoms with van der Waals surface area (Å²) in [6.45, 7) is 1.56. The summed E-state index contributed by atoms with van der Waals surface area (Å²) < 4.78 is 1.66. The highest BCUT2D eigenvalue weighted by atomic mass is 16.1. The van der Waals surface area contributed by atoms with Crippen LogP contribution in [0.15, 0.2) is 60.9 Å². The Morgan fingerprint density at radius 3 is 2.64 bits per heavy atom. The van der Waals surface area contributed by atoms with Gasteiger partial charge < -0.3 is 0 Å². The molecule has 0 saturated heterocycles. The lowest BCUT2D eigenvalue weighted by Crippen LogP contribution is -2.07. The van der Waals surface area contributed by atoms with E-state index in [-0.39, 0.29) is 5.91 Å². The first-order valence-electron chi connectivity index (χ1n) is 7.07. The molecule has 2 heterocycles. The fraction of sp³-hybridized carbons (Fsp3) is 0.0556. The van der Waals surface area contributed by atoms with Crippen LogP contribution < -0.4 is 0 Å². The van der Waals surface area contributed by atoms with E-state index in [1.54, 1.807) is 23.9 Å². The summed E-state index contributed by atoms with van der Waals surface area (Å²) in [6.07, 6.45) is 3.55. The number of aromatic nitrogens is 3. The van der Waals surface area contributed by atoms with Crippen LogP contribution in [0.1, 0.15) is 11.7 Å². The molecule has 2 aromatic heterocycles. The number of nitrogens with zero attached hydrogens (tertiary/aromatic N) is 3. The molecule has 0 N–H and O–H groups in total. The van der Waals surface area contributed by atoms with Gasteiger partial charge in [0.25, 0.3) is 0 Å². The molecule has 0 aliphatic heterocycles. The van der Waals surface area contributed by atoms with E-state index in [4.69, 9.17) is 4.98 Å². The van der Waals surface area contributed by atoms with Gasteiger partial charge in [-0.3, -0.25) is 14.3 Å². The third-order valence-electron chi connectivity index (χ3n) is 3.79. The van der Waals surface area contributed by atoms with Gasteiger partial charge in [-0.05, 0) is 17.5 Å². The van der Waals surface area contributed by atoms with E-state index in [0.717, 1.165) is 27.4 Å². The average Bonchev–Trinajstić information content (AvgIpc) is 2.96. The second-order valence-corrected chi connectivity index (χ2v) is 5.19. The lowest BCUT2D eigenvalue weighted by atomic mass is 10.1. The fourth-order valence-corrected chi connectivity index (χ4v) is 2.80. The molecule has 4 heteroatoms. The number of rotatable bonds is 1. The minimum absolute atomic E-state index is 0.0513. The van der Waals surface area contributed by atoms with E-state index < -0.39 is 0 Å². The number of hydrogen-bond donors (Lipinski definition) is 0. The number of imidazole rings is 1. The van der Waals surface area contributed by atoms with Crippen molar-refractivity contribution in [3.63, 3.8) is 0 Å². The first kappa shape index (κ1) is 12.7. The highest BCUT2D eigenvalue weighted by molar-refractivity contribution is 6.07. The number of hydrogen-bond acceptors (Lipinski definition) is 3. The molecule has 0 bridgehead atoms. The Hall–Kier alpha value is -3.01. The summed E-state index contributed by atoms with van der Waals surface area (Å²) in [7, 11) is 0. The van der Waals surface area contributed by atoms with Crippen LogP contribution in [0.3, 0.4) is 0 Å². The molecule has 0 unspecified atom stereocenters. The largest absolute Gasteiger partial charge is 0.274 e. The summed E-state index contributed by atoms with van der Waals surface area (Å²) in [5.74, 6) is 0.615. The number of benzene rings is 2. The Bertz CT molecular complexity index is 1000. The van der Waals surface area contributed by atoms with Crippen molar-refractivity contribution in [2.45, 2.75) is 6.92 Å². The third-order valence-corrected chi connectivity index (χ3v) is 3.79. The molecule has 22 heavy (non-hydrogen) atoms. The van der Waals surface area contributed by atoms with E-state index in [1.165, 1.54) is 0 Å². The highest BCUT2D eigenvalue weighted by Crippen LogP contribution is 2.29. The van der Waals surface area contributed by atoms with E-state index in [0.29, 0.717) is 5.82 Å². The minimum atomic E-state index is -0.0513. The first-order chi connectivity index (χ1) is 10.8. The molecule has 4 nitrogen and oxygen atoms in total. The third kappa shape index (κ3) is 1.81. The van der Waals surface area contributed by atoms with Crippen LogP contribution in [0.4, 0.5) is 0 Å². The SMILES string of the molecule is CC(=O)n1c(-c2ccccc2)nc2c3cnccc3ccc21. The van der Waals surface area contributed by atoms with E-state index in [9.17, 15) is 4.79 Å². The minimum Gasteiger partial charge on any atom is -0.274 e. The monoisotopic (exact) mass is 287 g/mol. The molecular formula is C18H13N3O. The van der Waals surface area contributed by atoms with Gasteiger partial charge >= 0.3 is 0 Å². The maximum Gasteiger partial charge on any atom is 0.229 e. The zero-order valence-corrected chi connectivity index (χ0v) is 12.0. The zero-order valence-electron chi connectivity index (χ0n) is 12.0. The van der Waals surface area contributed by atoms with Crippen LogP contribution in [0, 0.1) is 0 Å². The number of fused-ring (bicyclic) bond motifs is 3. The Balaban J connectivity index is 2.15. The Morgan fingerprint density at radius 2 is 1.86 bits per heavy atom. The van der Waals surface area contributed by atoms with Gasteiger partial charge in [0.1, 0.15) is 5.82 Å². The van der Waals surface area contributed by atoms with Crippen molar-refractivity contribution < 1.29 is 4.79 Å². The molecule has 0 aliphatic rings. The van der Waals surface area contributed by atoms with Crippen LogP contribution >= 0.6 is 0 Å². The summed E-state index contributed by atoms with van der Waals surface area (Å²) >= 11 is 0. The van der Waals surface area contributed by atoms with Gasteiger partial charge in [0.15, 0.2) is 0 Å². The van der Waals surface area contributed by atoms with Gasteiger partial charge in [-0.2, -0.15) is 0 Å². The maximum atomic E-state index is 12.2. The van der Waals surface area contributed by atoms with E-state index >= 15 is 0 Å². The molecule has 0 atom stereocenters. The fourth-order valence-electron chi connectivity index (χ4n) is 2.80. The Morgan fingerprint density at radius 1 is 1.05 bits per heavy atom. The summed E-state index contributed by atoms with van der Waals surface area (Å²) in [5.41, 5.74) is 2.54. The smallest absolute Gasteiger partial charge is 0.229 e. The Kier molecular flexibility index (Phi) is 2.76. The van der Waals surface area contributed by atoms with Crippen LogP contribution in [-0.4, -0.2) is 20.4 Å². The molecule has 4 aromatic rings. The van der Waals surface area contributed by atoms with Crippen LogP contribution in [0.2, 0.25) is 0 Å². The molecular weight excluding hydrogens is 274 g/mol. The summed E-state index contributed by atoms with van der Waals surface area (Å²) in [4.78, 5) is 21.1. The van der Waals surface area contributed by atoms with E-state index in [2.05, 4.69) is 4.98 Å². The molecule has 106 valence electrons. The first-order valence-corrected chi connectivity index (χ1v) is 7.07. The molecule has 0 fully saturated rings. The van der Waals surface area contributed by atoms with Crippen molar-refractivity contribution >= 4 is 27.7 Å². The second-order valence-electron chi connectivity index (χ2n) is 5.19. The van der Waals surface area contributed by atoms with Gasteiger partial charge in [-0.15, -0.1) is 0 Å². The van der Waals surface area contributed by atoms with Gasteiger partial charge in [0, 0.05) is 30.3 Å². The van der Waals surface area contributed by atoms with Crippen molar-refractivity contribution in [2.24, 2.45) is 0 Å². The van der Waals surface area contributed by atoms with Crippen molar-refractivity contribution in [1.82, 2.24) is 14.5 Å². The lowest BCUT2D eigenvalue weighted by Gasteiger charge is -2.04. The molecule has 0 amide bonds. The highest BCUT2D eigenvalue weighted by Gasteiger charge is 2.17. The topological polar surface area (TPSA) is 47.8 Å². The molecule has 0 aliphatic carbocycles. The van der Waals surface area contributed by atoms with Gasteiger partial charge in [0.05, 0.1) is 11.0 Å². The molecule has 0 radical (unpaired) electrons. The summed E-state index contributed by atoms with van der Waals surface area (Å²) in [6, 6.07) is 15.6. The predicted molar refractivity (Wildman–Crippen MR) is 86.8 cm³/mol. The molecule has 4 rings (SSSR count). The predicted octanol–water partition coefficient (Wildman–Crippen LogP) is 3.91. The lowest BCUT2D eigenvalue weighted by molar-refractivity contribution is 0.0943. The molecule has 0 saturated carbocycles. The van der Waals surface area contributed by atoms with Crippen LogP contribution in [0.25, 0.3) is 33.2 Å². The molecule has 0 spiro atoms. The van der Waals surface area contributed by atoms with Crippen molar-refractivity contribution in [3.05, 3.63) is 60.9 Å².